The van der Waals surface area contributed by atoms with E-state index >= 15 is 0 Å². The number of hydrogen-bond acceptors (Lipinski definition) is 1. The quantitative estimate of drug-likeness (QED) is 0.820. The van der Waals surface area contributed by atoms with Gasteiger partial charge >= 0.3 is 6.18 Å². The zero-order valence-electron chi connectivity index (χ0n) is 11.3. The highest BCUT2D eigenvalue weighted by atomic mass is 19.4. The number of rotatable bonds is 4. The molecular weight excluding hydrogens is 251 g/mol. The Morgan fingerprint density at radius 3 is 1.95 bits per heavy atom. The molecule has 0 spiro atoms. The van der Waals surface area contributed by atoms with Gasteiger partial charge in [0, 0.05) is 12.5 Å². The van der Waals surface area contributed by atoms with Crippen LogP contribution in [-0.4, -0.2) is 12.2 Å². The number of alkyl halides is 3. The molecule has 4 aliphatic carbocycles. The lowest BCUT2D eigenvalue weighted by molar-refractivity contribution is -0.136. The van der Waals surface area contributed by atoms with Gasteiger partial charge in [0.25, 0.3) is 0 Å². The maximum atomic E-state index is 12.2. The molecule has 19 heavy (non-hydrogen) atoms. The van der Waals surface area contributed by atoms with E-state index in [9.17, 15) is 13.2 Å². The molecule has 4 heteroatoms. The van der Waals surface area contributed by atoms with E-state index < -0.39 is 12.6 Å². The van der Waals surface area contributed by atoms with Crippen LogP contribution in [0.3, 0.4) is 0 Å². The maximum absolute atomic E-state index is 12.2. The molecule has 0 amide bonds. The van der Waals surface area contributed by atoms with Crippen LogP contribution in [0.2, 0.25) is 0 Å². The van der Waals surface area contributed by atoms with Crippen LogP contribution >= 0.6 is 0 Å². The summed E-state index contributed by atoms with van der Waals surface area (Å²) < 4.78 is 36.6. The molecule has 0 aromatic heterocycles. The van der Waals surface area contributed by atoms with Crippen LogP contribution < -0.4 is 5.73 Å². The normalized spacial score (nSPS) is 42.6. The molecule has 1 unspecified atom stereocenters. The summed E-state index contributed by atoms with van der Waals surface area (Å²) in [4.78, 5) is 0. The molecule has 4 fully saturated rings. The van der Waals surface area contributed by atoms with E-state index in [1.54, 1.807) is 0 Å². The Morgan fingerprint density at radius 1 is 0.947 bits per heavy atom. The topological polar surface area (TPSA) is 26.0 Å². The summed E-state index contributed by atoms with van der Waals surface area (Å²) in [5.74, 6) is 3.76. The van der Waals surface area contributed by atoms with Crippen LogP contribution in [0.15, 0.2) is 0 Å². The molecule has 0 aromatic rings. The van der Waals surface area contributed by atoms with Crippen molar-refractivity contribution in [2.24, 2.45) is 35.3 Å². The van der Waals surface area contributed by atoms with E-state index in [2.05, 4.69) is 0 Å². The molecule has 4 saturated carbocycles. The second-order valence-corrected chi connectivity index (χ2v) is 7.18. The molecule has 0 radical (unpaired) electrons. The van der Waals surface area contributed by atoms with Crippen LogP contribution in [0.4, 0.5) is 13.2 Å². The van der Waals surface area contributed by atoms with Crippen LogP contribution in [0.5, 0.6) is 0 Å². The first kappa shape index (κ1) is 13.7. The van der Waals surface area contributed by atoms with Crippen molar-refractivity contribution < 1.29 is 13.2 Å². The Kier molecular flexibility index (Phi) is 3.57. The van der Waals surface area contributed by atoms with Crippen molar-refractivity contribution >= 4 is 0 Å². The number of nitrogens with two attached hydrogens (primary N) is 1. The van der Waals surface area contributed by atoms with Crippen molar-refractivity contribution in [1.82, 2.24) is 0 Å². The van der Waals surface area contributed by atoms with Gasteiger partial charge in [0.1, 0.15) is 0 Å². The second-order valence-electron chi connectivity index (χ2n) is 7.18. The van der Waals surface area contributed by atoms with Crippen LogP contribution in [0.25, 0.3) is 0 Å². The SMILES string of the molecule is NC(CCCC(F)(F)F)C1C2CC3CC(C2)CC1C3. The summed E-state index contributed by atoms with van der Waals surface area (Å²) in [6.07, 6.45) is 2.64. The van der Waals surface area contributed by atoms with Crippen molar-refractivity contribution in [3.63, 3.8) is 0 Å². The van der Waals surface area contributed by atoms with Gasteiger partial charge in [0.15, 0.2) is 0 Å². The summed E-state index contributed by atoms with van der Waals surface area (Å²) in [5, 5.41) is 0. The Hall–Kier alpha value is -0.250. The smallest absolute Gasteiger partial charge is 0.327 e. The van der Waals surface area contributed by atoms with Gasteiger partial charge in [-0.2, -0.15) is 13.2 Å². The van der Waals surface area contributed by atoms with Crippen molar-refractivity contribution in [3.8, 4) is 0 Å². The Balaban J connectivity index is 1.54. The van der Waals surface area contributed by atoms with E-state index in [-0.39, 0.29) is 12.5 Å². The van der Waals surface area contributed by atoms with Gasteiger partial charge in [-0.05, 0) is 74.5 Å². The van der Waals surface area contributed by atoms with Gasteiger partial charge in [-0.15, -0.1) is 0 Å². The Bertz CT molecular complexity index is 298. The monoisotopic (exact) mass is 275 g/mol. The molecule has 1 nitrogen and oxygen atoms in total. The first-order valence-electron chi connectivity index (χ1n) is 7.74. The van der Waals surface area contributed by atoms with Gasteiger partial charge in [0.2, 0.25) is 0 Å². The minimum absolute atomic E-state index is 0.00245. The average Bonchev–Trinajstić information content (AvgIpc) is 2.25. The second kappa shape index (κ2) is 4.94. The van der Waals surface area contributed by atoms with Gasteiger partial charge in [-0.25, -0.2) is 0 Å². The van der Waals surface area contributed by atoms with Crippen molar-refractivity contribution in [3.05, 3.63) is 0 Å². The number of halogens is 3. The van der Waals surface area contributed by atoms with Crippen molar-refractivity contribution in [2.75, 3.05) is 0 Å². The predicted molar refractivity (Wildman–Crippen MR) is 68.4 cm³/mol. The standard InChI is InChI=1S/C15H24F3N/c16-15(17,18)3-1-2-13(19)14-11-5-9-4-10(7-11)8-12(14)6-9/h9-14H,1-8,19H2. The highest BCUT2D eigenvalue weighted by molar-refractivity contribution is 5.00. The summed E-state index contributed by atoms with van der Waals surface area (Å²) in [6, 6.07) is -0.00245. The van der Waals surface area contributed by atoms with Gasteiger partial charge in [-0.3, -0.25) is 0 Å². The third-order valence-corrected chi connectivity index (χ3v) is 5.79. The van der Waals surface area contributed by atoms with E-state index in [0.29, 0.717) is 12.3 Å². The third-order valence-electron chi connectivity index (χ3n) is 5.79. The summed E-state index contributed by atoms with van der Waals surface area (Å²) in [5.41, 5.74) is 6.26. The largest absolute Gasteiger partial charge is 0.389 e. The summed E-state index contributed by atoms with van der Waals surface area (Å²) in [7, 11) is 0. The highest BCUT2D eigenvalue weighted by Crippen LogP contribution is 2.57. The lowest BCUT2D eigenvalue weighted by atomic mass is 9.50. The lowest BCUT2D eigenvalue weighted by Crippen LogP contribution is -2.51. The molecule has 0 aliphatic heterocycles. The van der Waals surface area contributed by atoms with Crippen LogP contribution in [0.1, 0.15) is 51.4 Å². The van der Waals surface area contributed by atoms with E-state index in [1.807, 2.05) is 0 Å². The molecule has 0 aromatic carbocycles. The minimum Gasteiger partial charge on any atom is -0.327 e. The Morgan fingerprint density at radius 2 is 1.47 bits per heavy atom. The van der Waals surface area contributed by atoms with Gasteiger partial charge in [-0.1, -0.05) is 0 Å². The van der Waals surface area contributed by atoms with Crippen molar-refractivity contribution in [1.29, 1.82) is 0 Å². The van der Waals surface area contributed by atoms with Gasteiger partial charge < -0.3 is 5.73 Å². The van der Waals surface area contributed by atoms with Crippen molar-refractivity contribution in [2.45, 2.75) is 63.6 Å². The molecule has 1 atom stereocenters. The fourth-order valence-electron chi connectivity index (χ4n) is 5.40. The molecule has 0 heterocycles. The molecule has 2 N–H and O–H groups in total. The lowest BCUT2D eigenvalue weighted by Gasteiger charge is -2.56. The third kappa shape index (κ3) is 2.93. The fourth-order valence-corrected chi connectivity index (χ4v) is 5.40. The summed E-state index contributed by atoms with van der Waals surface area (Å²) in [6.45, 7) is 0. The first-order valence-corrected chi connectivity index (χ1v) is 7.74. The predicted octanol–water partition coefficient (Wildman–Crippen LogP) is 4.12. The highest BCUT2D eigenvalue weighted by Gasteiger charge is 2.49. The van der Waals surface area contributed by atoms with E-state index in [0.717, 1.165) is 23.7 Å². The van der Waals surface area contributed by atoms with E-state index in [1.165, 1.54) is 32.1 Å². The zero-order chi connectivity index (χ0) is 13.6. The zero-order valence-corrected chi connectivity index (χ0v) is 11.3. The fraction of sp³-hybridized carbons (Fsp3) is 1.00. The maximum Gasteiger partial charge on any atom is 0.389 e. The minimum atomic E-state index is -4.02. The van der Waals surface area contributed by atoms with Gasteiger partial charge in [0.05, 0.1) is 0 Å². The molecule has 0 saturated heterocycles. The number of hydrogen-bond donors (Lipinski definition) is 1. The van der Waals surface area contributed by atoms with E-state index in [4.69, 9.17) is 5.73 Å². The molecular formula is C15H24F3N. The molecule has 4 rings (SSSR count). The Labute approximate surface area is 113 Å². The summed E-state index contributed by atoms with van der Waals surface area (Å²) >= 11 is 0. The van der Waals surface area contributed by atoms with Crippen LogP contribution in [-0.2, 0) is 0 Å². The molecule has 4 bridgehead atoms. The molecule has 110 valence electrons. The molecule has 4 aliphatic rings. The van der Waals surface area contributed by atoms with Crippen LogP contribution in [0, 0.1) is 29.6 Å². The average molecular weight is 275 g/mol. The first-order chi connectivity index (χ1) is 8.92.